The summed E-state index contributed by atoms with van der Waals surface area (Å²) in [6, 6.07) is 7.94. The van der Waals surface area contributed by atoms with E-state index in [-0.39, 0.29) is 12.6 Å². The smallest absolute Gasteiger partial charge is 0.0587 e. The second-order valence-electron chi connectivity index (χ2n) is 4.19. The highest BCUT2D eigenvalue weighted by molar-refractivity contribution is 6.30. The summed E-state index contributed by atoms with van der Waals surface area (Å²) < 4.78 is 0. The summed E-state index contributed by atoms with van der Waals surface area (Å²) in [7, 11) is 0. The zero-order valence-electron chi connectivity index (χ0n) is 9.91. The van der Waals surface area contributed by atoms with Crippen LogP contribution in [-0.4, -0.2) is 17.8 Å². The standard InChI is InChI=1S/C13H20ClNO/c1-3-10(2)13(9-16)15-8-11-5-4-6-12(14)7-11/h4-7,10,13,15-16H,3,8-9H2,1-2H3. The van der Waals surface area contributed by atoms with Crippen molar-refractivity contribution in [3.05, 3.63) is 34.9 Å². The Hall–Kier alpha value is -0.570. The van der Waals surface area contributed by atoms with Crippen LogP contribution < -0.4 is 5.32 Å². The number of benzene rings is 1. The predicted octanol–water partition coefficient (Wildman–Crippen LogP) is 2.84. The van der Waals surface area contributed by atoms with Crippen LogP contribution >= 0.6 is 11.6 Å². The average molecular weight is 242 g/mol. The van der Waals surface area contributed by atoms with Gasteiger partial charge < -0.3 is 10.4 Å². The summed E-state index contributed by atoms with van der Waals surface area (Å²) >= 11 is 5.91. The number of aliphatic hydroxyl groups excluding tert-OH is 1. The Morgan fingerprint density at radius 1 is 1.44 bits per heavy atom. The summed E-state index contributed by atoms with van der Waals surface area (Å²) in [5.41, 5.74) is 1.15. The van der Waals surface area contributed by atoms with Crippen molar-refractivity contribution in [2.24, 2.45) is 5.92 Å². The van der Waals surface area contributed by atoms with E-state index in [2.05, 4.69) is 19.2 Å². The van der Waals surface area contributed by atoms with Gasteiger partial charge in [-0.1, -0.05) is 44.0 Å². The third-order valence-electron chi connectivity index (χ3n) is 2.98. The average Bonchev–Trinajstić information content (AvgIpc) is 2.29. The molecule has 90 valence electrons. The molecular formula is C13H20ClNO. The topological polar surface area (TPSA) is 32.3 Å². The van der Waals surface area contributed by atoms with E-state index in [0.717, 1.165) is 23.6 Å². The third kappa shape index (κ3) is 4.12. The van der Waals surface area contributed by atoms with Crippen molar-refractivity contribution >= 4 is 11.6 Å². The molecule has 0 fully saturated rings. The Morgan fingerprint density at radius 2 is 2.19 bits per heavy atom. The first kappa shape index (κ1) is 13.5. The Balaban J connectivity index is 2.49. The van der Waals surface area contributed by atoms with Crippen molar-refractivity contribution < 1.29 is 5.11 Å². The molecule has 2 nitrogen and oxygen atoms in total. The maximum absolute atomic E-state index is 9.27. The molecule has 2 atom stereocenters. The van der Waals surface area contributed by atoms with E-state index in [0.29, 0.717) is 5.92 Å². The fourth-order valence-electron chi connectivity index (χ4n) is 1.63. The van der Waals surface area contributed by atoms with Crippen LogP contribution in [0.25, 0.3) is 0 Å². The molecule has 1 rings (SSSR count). The molecule has 0 saturated carbocycles. The molecule has 2 unspecified atom stereocenters. The summed E-state index contributed by atoms with van der Waals surface area (Å²) in [5.74, 6) is 0.476. The molecule has 0 aliphatic rings. The van der Waals surface area contributed by atoms with E-state index in [1.165, 1.54) is 0 Å². The molecule has 0 aliphatic heterocycles. The SMILES string of the molecule is CCC(C)C(CO)NCc1cccc(Cl)c1. The fourth-order valence-corrected chi connectivity index (χ4v) is 1.84. The number of hydrogen-bond donors (Lipinski definition) is 2. The molecule has 0 heterocycles. The van der Waals surface area contributed by atoms with Crippen molar-refractivity contribution in [3.63, 3.8) is 0 Å². The Labute approximate surface area is 103 Å². The van der Waals surface area contributed by atoms with Crippen molar-refractivity contribution in [2.75, 3.05) is 6.61 Å². The van der Waals surface area contributed by atoms with Gasteiger partial charge in [0.2, 0.25) is 0 Å². The molecule has 0 aromatic heterocycles. The van der Waals surface area contributed by atoms with Gasteiger partial charge in [0.25, 0.3) is 0 Å². The van der Waals surface area contributed by atoms with E-state index in [4.69, 9.17) is 11.6 Å². The van der Waals surface area contributed by atoms with E-state index >= 15 is 0 Å². The van der Waals surface area contributed by atoms with Gasteiger partial charge in [0.15, 0.2) is 0 Å². The van der Waals surface area contributed by atoms with Gasteiger partial charge in [-0.3, -0.25) is 0 Å². The summed E-state index contributed by atoms with van der Waals surface area (Å²) in [6.45, 7) is 5.20. The van der Waals surface area contributed by atoms with E-state index in [1.54, 1.807) is 0 Å². The van der Waals surface area contributed by atoms with Gasteiger partial charge in [-0.2, -0.15) is 0 Å². The second kappa shape index (κ2) is 6.89. The molecule has 1 aromatic carbocycles. The quantitative estimate of drug-likeness (QED) is 0.803. The first-order valence-electron chi connectivity index (χ1n) is 5.76. The lowest BCUT2D eigenvalue weighted by Crippen LogP contribution is -2.37. The van der Waals surface area contributed by atoms with Crippen LogP contribution in [0, 0.1) is 5.92 Å². The van der Waals surface area contributed by atoms with Gasteiger partial charge in [0, 0.05) is 17.6 Å². The van der Waals surface area contributed by atoms with Crippen molar-refractivity contribution in [1.29, 1.82) is 0 Å². The van der Waals surface area contributed by atoms with Crippen LogP contribution in [0.4, 0.5) is 0 Å². The molecule has 0 aliphatic carbocycles. The number of halogens is 1. The van der Waals surface area contributed by atoms with Gasteiger partial charge in [0.1, 0.15) is 0 Å². The number of hydrogen-bond acceptors (Lipinski definition) is 2. The maximum atomic E-state index is 9.27. The molecule has 1 aromatic rings. The summed E-state index contributed by atoms with van der Waals surface area (Å²) in [5, 5.41) is 13.4. The highest BCUT2D eigenvalue weighted by Gasteiger charge is 2.13. The van der Waals surface area contributed by atoms with Crippen LogP contribution in [-0.2, 0) is 6.54 Å². The monoisotopic (exact) mass is 241 g/mol. The highest BCUT2D eigenvalue weighted by Crippen LogP contribution is 2.12. The van der Waals surface area contributed by atoms with Crippen LogP contribution in [0.3, 0.4) is 0 Å². The molecule has 0 amide bonds. The summed E-state index contributed by atoms with van der Waals surface area (Å²) in [4.78, 5) is 0. The predicted molar refractivity (Wildman–Crippen MR) is 68.6 cm³/mol. The molecule has 3 heteroatoms. The highest BCUT2D eigenvalue weighted by atomic mass is 35.5. The van der Waals surface area contributed by atoms with E-state index in [9.17, 15) is 5.11 Å². The van der Waals surface area contributed by atoms with Crippen LogP contribution in [0.15, 0.2) is 24.3 Å². The van der Waals surface area contributed by atoms with Gasteiger partial charge in [-0.15, -0.1) is 0 Å². The molecule has 0 spiro atoms. The van der Waals surface area contributed by atoms with Gasteiger partial charge in [-0.05, 0) is 23.6 Å². The first-order valence-corrected chi connectivity index (χ1v) is 6.13. The largest absolute Gasteiger partial charge is 0.395 e. The van der Waals surface area contributed by atoms with Crippen molar-refractivity contribution in [3.8, 4) is 0 Å². The second-order valence-corrected chi connectivity index (χ2v) is 4.62. The van der Waals surface area contributed by atoms with E-state index < -0.39 is 0 Å². The normalized spacial score (nSPS) is 14.8. The molecule has 2 N–H and O–H groups in total. The lowest BCUT2D eigenvalue weighted by atomic mass is 10.00. The van der Waals surface area contributed by atoms with Crippen LogP contribution in [0.2, 0.25) is 5.02 Å². The first-order chi connectivity index (χ1) is 7.67. The maximum Gasteiger partial charge on any atom is 0.0587 e. The summed E-state index contributed by atoms with van der Waals surface area (Å²) in [6.07, 6.45) is 1.06. The van der Waals surface area contributed by atoms with E-state index in [1.807, 2.05) is 24.3 Å². The number of nitrogens with one attached hydrogen (secondary N) is 1. The zero-order chi connectivity index (χ0) is 12.0. The molecular weight excluding hydrogens is 222 g/mol. The van der Waals surface area contributed by atoms with Gasteiger partial charge in [0.05, 0.1) is 6.61 Å². The van der Waals surface area contributed by atoms with Gasteiger partial charge >= 0.3 is 0 Å². The van der Waals surface area contributed by atoms with Crippen molar-refractivity contribution in [2.45, 2.75) is 32.9 Å². The zero-order valence-corrected chi connectivity index (χ0v) is 10.7. The molecule has 0 bridgehead atoms. The third-order valence-corrected chi connectivity index (χ3v) is 3.22. The van der Waals surface area contributed by atoms with Crippen LogP contribution in [0.1, 0.15) is 25.8 Å². The number of rotatable bonds is 6. The van der Waals surface area contributed by atoms with Gasteiger partial charge in [-0.25, -0.2) is 0 Å². The van der Waals surface area contributed by atoms with Crippen molar-refractivity contribution in [1.82, 2.24) is 5.32 Å². The fraction of sp³-hybridized carbons (Fsp3) is 0.538. The minimum absolute atomic E-state index is 0.156. The minimum atomic E-state index is 0.156. The molecule has 0 radical (unpaired) electrons. The minimum Gasteiger partial charge on any atom is -0.395 e. The number of aliphatic hydroxyl groups is 1. The molecule has 16 heavy (non-hydrogen) atoms. The Morgan fingerprint density at radius 3 is 2.75 bits per heavy atom. The van der Waals surface area contributed by atoms with Crippen LogP contribution in [0.5, 0.6) is 0 Å². The Bertz CT molecular complexity index is 317. The lowest BCUT2D eigenvalue weighted by Gasteiger charge is -2.22. The molecule has 0 saturated heterocycles. The lowest BCUT2D eigenvalue weighted by molar-refractivity contribution is 0.201. The Kier molecular flexibility index (Phi) is 5.81.